The lowest BCUT2D eigenvalue weighted by Crippen LogP contribution is -2.41. The summed E-state index contributed by atoms with van der Waals surface area (Å²) in [5.74, 6) is 0.546. The molecule has 24 heavy (non-hydrogen) atoms. The molecule has 2 aromatic rings. The van der Waals surface area contributed by atoms with Gasteiger partial charge in [0, 0.05) is 25.2 Å². The summed E-state index contributed by atoms with van der Waals surface area (Å²) >= 11 is 0. The number of carbonyl (C=O) groups excluding carboxylic acids is 1. The zero-order valence-electron chi connectivity index (χ0n) is 13.9. The molecule has 0 N–H and O–H groups in total. The molecule has 1 aromatic carbocycles. The van der Waals surface area contributed by atoms with Crippen LogP contribution in [0.25, 0.3) is 5.69 Å². The number of para-hydroxylation sites is 1. The van der Waals surface area contributed by atoms with Crippen LogP contribution in [0, 0.1) is 0 Å². The number of benzene rings is 1. The number of fused-ring (bicyclic) bond motifs is 1. The fourth-order valence-corrected chi connectivity index (χ4v) is 3.81. The highest BCUT2D eigenvalue weighted by Crippen LogP contribution is 2.35. The minimum absolute atomic E-state index is 0.253. The highest BCUT2D eigenvalue weighted by atomic mass is 16.5. The molecule has 1 fully saturated rings. The maximum atomic E-state index is 12.6. The molecule has 2 aliphatic rings. The number of morpholine rings is 1. The van der Waals surface area contributed by atoms with E-state index in [-0.39, 0.29) is 5.91 Å². The van der Waals surface area contributed by atoms with Gasteiger partial charge in [-0.15, -0.1) is 0 Å². The summed E-state index contributed by atoms with van der Waals surface area (Å²) in [6, 6.07) is 10.2. The van der Waals surface area contributed by atoms with Crippen molar-refractivity contribution in [3.8, 4) is 5.69 Å². The number of hydrogen-bond donors (Lipinski definition) is 0. The normalized spacial score (nSPS) is 20.7. The van der Waals surface area contributed by atoms with E-state index in [1.165, 1.54) is 11.3 Å². The molecule has 1 atom stereocenters. The number of amides is 1. The Hall–Kier alpha value is -2.14. The first kappa shape index (κ1) is 15.4. The first-order valence-electron chi connectivity index (χ1n) is 8.80. The molecule has 4 rings (SSSR count). The molecule has 1 aromatic heterocycles. The fraction of sp³-hybridized carbons (Fsp3) is 0.474. The minimum atomic E-state index is 0.253. The molecule has 126 valence electrons. The Balaban J connectivity index is 1.54. The van der Waals surface area contributed by atoms with E-state index in [9.17, 15) is 4.79 Å². The van der Waals surface area contributed by atoms with Gasteiger partial charge in [-0.25, -0.2) is 4.68 Å². The van der Waals surface area contributed by atoms with Gasteiger partial charge in [0.15, 0.2) is 0 Å². The van der Waals surface area contributed by atoms with Crippen molar-refractivity contribution < 1.29 is 9.53 Å². The summed E-state index contributed by atoms with van der Waals surface area (Å²) in [6.07, 6.45) is 5.79. The Kier molecular flexibility index (Phi) is 4.34. The number of aromatic nitrogens is 2. The van der Waals surface area contributed by atoms with Crippen molar-refractivity contribution in [2.45, 2.75) is 31.6 Å². The van der Waals surface area contributed by atoms with Crippen LogP contribution in [0.1, 0.15) is 36.4 Å². The van der Waals surface area contributed by atoms with E-state index in [4.69, 9.17) is 4.74 Å². The molecule has 0 radical (unpaired) electrons. The van der Waals surface area contributed by atoms with Crippen LogP contribution in [0.3, 0.4) is 0 Å². The van der Waals surface area contributed by atoms with Crippen LogP contribution in [-0.2, 0) is 16.0 Å². The average Bonchev–Trinajstić information content (AvgIpc) is 3.08. The average molecular weight is 325 g/mol. The molecule has 5 heteroatoms. The molecule has 0 bridgehead atoms. The maximum Gasteiger partial charge on any atom is 0.223 e. The van der Waals surface area contributed by atoms with Crippen molar-refractivity contribution in [2.24, 2.45) is 0 Å². The molecule has 0 saturated carbocycles. The standard InChI is InChI=1S/C19H23N3O2/c23-19(21-9-11-24-12-10-21)13-15-5-4-8-18-17(15)14-20-22(18)16-6-2-1-3-7-16/h1-3,6-7,14-15H,4-5,8-13H2/t15-/m0/s1. The first-order valence-corrected chi connectivity index (χ1v) is 8.80. The van der Waals surface area contributed by atoms with Gasteiger partial charge in [-0.1, -0.05) is 18.2 Å². The molecule has 1 aliphatic carbocycles. The molecule has 5 nitrogen and oxygen atoms in total. The summed E-state index contributed by atoms with van der Waals surface area (Å²) in [6.45, 7) is 2.77. The van der Waals surface area contributed by atoms with E-state index < -0.39 is 0 Å². The van der Waals surface area contributed by atoms with E-state index in [0.29, 0.717) is 25.6 Å². The topological polar surface area (TPSA) is 47.4 Å². The Labute approximate surface area is 142 Å². The van der Waals surface area contributed by atoms with Crippen molar-refractivity contribution in [3.05, 3.63) is 47.8 Å². The summed E-state index contributed by atoms with van der Waals surface area (Å²) in [5.41, 5.74) is 3.62. The van der Waals surface area contributed by atoms with Crippen molar-refractivity contribution in [3.63, 3.8) is 0 Å². The molecule has 1 saturated heterocycles. The van der Waals surface area contributed by atoms with Gasteiger partial charge in [0.25, 0.3) is 0 Å². The Morgan fingerprint density at radius 2 is 2.00 bits per heavy atom. The first-order chi connectivity index (χ1) is 11.8. The second-order valence-electron chi connectivity index (χ2n) is 6.58. The Bertz CT molecular complexity index is 705. The number of ether oxygens (including phenoxy) is 1. The van der Waals surface area contributed by atoms with Crippen LogP contribution in [0.15, 0.2) is 36.5 Å². The van der Waals surface area contributed by atoms with E-state index in [1.807, 2.05) is 34.0 Å². The van der Waals surface area contributed by atoms with Crippen LogP contribution in [0.4, 0.5) is 0 Å². The maximum absolute atomic E-state index is 12.6. The van der Waals surface area contributed by atoms with Crippen molar-refractivity contribution in [2.75, 3.05) is 26.3 Å². The third-order valence-electron chi connectivity index (χ3n) is 5.09. The highest BCUT2D eigenvalue weighted by molar-refractivity contribution is 5.77. The number of hydrogen-bond acceptors (Lipinski definition) is 3. The molecular formula is C19H23N3O2. The quantitative estimate of drug-likeness (QED) is 0.871. The summed E-state index contributed by atoms with van der Waals surface area (Å²) in [7, 11) is 0. The second kappa shape index (κ2) is 6.77. The zero-order valence-corrected chi connectivity index (χ0v) is 13.9. The largest absolute Gasteiger partial charge is 0.378 e. The van der Waals surface area contributed by atoms with Gasteiger partial charge < -0.3 is 9.64 Å². The Morgan fingerprint density at radius 3 is 2.79 bits per heavy atom. The van der Waals surface area contributed by atoms with Gasteiger partial charge in [-0.3, -0.25) is 4.79 Å². The monoisotopic (exact) mass is 325 g/mol. The smallest absolute Gasteiger partial charge is 0.223 e. The van der Waals surface area contributed by atoms with Gasteiger partial charge >= 0.3 is 0 Å². The highest BCUT2D eigenvalue weighted by Gasteiger charge is 2.28. The molecule has 2 heterocycles. The lowest BCUT2D eigenvalue weighted by molar-refractivity contribution is -0.135. The zero-order chi connectivity index (χ0) is 16.4. The van der Waals surface area contributed by atoms with Crippen molar-refractivity contribution in [1.29, 1.82) is 0 Å². The number of rotatable bonds is 3. The predicted molar refractivity (Wildman–Crippen MR) is 91.3 cm³/mol. The second-order valence-corrected chi connectivity index (χ2v) is 6.58. The van der Waals surface area contributed by atoms with Gasteiger partial charge in [-0.2, -0.15) is 5.10 Å². The van der Waals surface area contributed by atoms with Crippen LogP contribution in [0.2, 0.25) is 0 Å². The molecule has 1 aliphatic heterocycles. The van der Waals surface area contributed by atoms with E-state index in [2.05, 4.69) is 17.2 Å². The van der Waals surface area contributed by atoms with Crippen molar-refractivity contribution in [1.82, 2.24) is 14.7 Å². The Morgan fingerprint density at radius 1 is 1.21 bits per heavy atom. The van der Waals surface area contributed by atoms with Gasteiger partial charge in [0.1, 0.15) is 0 Å². The summed E-state index contributed by atoms with van der Waals surface area (Å²) < 4.78 is 7.38. The van der Waals surface area contributed by atoms with Gasteiger partial charge in [-0.05, 0) is 42.9 Å². The molecule has 0 unspecified atom stereocenters. The number of carbonyl (C=O) groups is 1. The molecule has 0 spiro atoms. The van der Waals surface area contributed by atoms with E-state index in [1.54, 1.807) is 0 Å². The molecular weight excluding hydrogens is 302 g/mol. The summed E-state index contributed by atoms with van der Waals surface area (Å²) in [5, 5.41) is 4.61. The third kappa shape index (κ3) is 2.96. The fourth-order valence-electron chi connectivity index (χ4n) is 3.81. The third-order valence-corrected chi connectivity index (χ3v) is 5.09. The number of nitrogens with zero attached hydrogens (tertiary/aromatic N) is 3. The van der Waals surface area contributed by atoms with E-state index >= 15 is 0 Å². The molecule has 1 amide bonds. The minimum Gasteiger partial charge on any atom is -0.378 e. The van der Waals surface area contributed by atoms with Crippen LogP contribution < -0.4 is 0 Å². The van der Waals surface area contributed by atoms with E-state index in [0.717, 1.165) is 38.0 Å². The predicted octanol–water partition coefficient (Wildman–Crippen LogP) is 2.54. The van der Waals surface area contributed by atoms with Gasteiger partial charge in [0.2, 0.25) is 5.91 Å². The lowest BCUT2D eigenvalue weighted by atomic mass is 9.84. The van der Waals surface area contributed by atoms with Crippen molar-refractivity contribution >= 4 is 5.91 Å². The SMILES string of the molecule is O=C(C[C@@H]1CCCc2c1cnn2-c1ccccc1)N1CCOCC1. The lowest BCUT2D eigenvalue weighted by Gasteiger charge is -2.29. The van der Waals surface area contributed by atoms with Crippen LogP contribution in [-0.4, -0.2) is 46.9 Å². The van der Waals surface area contributed by atoms with Crippen LogP contribution in [0.5, 0.6) is 0 Å². The van der Waals surface area contributed by atoms with Crippen LogP contribution >= 0.6 is 0 Å². The summed E-state index contributed by atoms with van der Waals surface area (Å²) in [4.78, 5) is 14.5. The van der Waals surface area contributed by atoms with Gasteiger partial charge in [0.05, 0.1) is 25.1 Å².